The van der Waals surface area contributed by atoms with Gasteiger partial charge in [-0.25, -0.2) is 0 Å². The van der Waals surface area contributed by atoms with Crippen LogP contribution in [0.3, 0.4) is 0 Å². The van der Waals surface area contributed by atoms with Crippen LogP contribution in [0.1, 0.15) is 73.3 Å². The lowest BCUT2D eigenvalue weighted by Gasteiger charge is -2.38. The summed E-state index contributed by atoms with van der Waals surface area (Å²) in [7, 11) is 1.74. The fraction of sp³-hybridized carbons (Fsp3) is 0.486. The maximum Gasteiger partial charge on any atom is 0.120 e. The summed E-state index contributed by atoms with van der Waals surface area (Å²) in [6, 6.07) is 21.6. The predicted molar refractivity (Wildman–Crippen MR) is 162 cm³/mol. The Labute approximate surface area is 235 Å². The van der Waals surface area contributed by atoms with Crippen LogP contribution in [0.4, 0.5) is 5.69 Å². The molecule has 4 nitrogen and oxygen atoms in total. The van der Waals surface area contributed by atoms with E-state index in [9.17, 15) is 5.11 Å². The van der Waals surface area contributed by atoms with Gasteiger partial charge in [0.1, 0.15) is 11.5 Å². The highest BCUT2D eigenvalue weighted by Gasteiger charge is 2.26. The molecule has 0 aromatic heterocycles. The van der Waals surface area contributed by atoms with Crippen molar-refractivity contribution in [3.63, 3.8) is 0 Å². The first-order valence-corrected chi connectivity index (χ1v) is 14.9. The second-order valence-corrected chi connectivity index (χ2v) is 12.5. The number of methoxy groups -OCH3 is 1. The lowest BCUT2D eigenvalue weighted by molar-refractivity contribution is 0.119. The Morgan fingerprint density at radius 3 is 2.54 bits per heavy atom. The van der Waals surface area contributed by atoms with Crippen LogP contribution in [-0.2, 0) is 25.7 Å². The fourth-order valence-corrected chi connectivity index (χ4v) is 6.59. The molecule has 39 heavy (non-hydrogen) atoms. The van der Waals surface area contributed by atoms with Gasteiger partial charge < -0.3 is 20.1 Å². The molecule has 0 spiro atoms. The molecule has 1 heterocycles. The Balaban J connectivity index is 1.12. The number of anilines is 1. The van der Waals surface area contributed by atoms with Crippen molar-refractivity contribution in [2.24, 2.45) is 5.41 Å². The van der Waals surface area contributed by atoms with Crippen LogP contribution >= 0.6 is 0 Å². The van der Waals surface area contributed by atoms with E-state index in [4.69, 9.17) is 4.74 Å². The highest BCUT2D eigenvalue weighted by molar-refractivity contribution is 5.57. The van der Waals surface area contributed by atoms with Crippen LogP contribution in [0.2, 0.25) is 0 Å². The van der Waals surface area contributed by atoms with Crippen LogP contribution in [0.5, 0.6) is 11.5 Å². The molecule has 1 fully saturated rings. The van der Waals surface area contributed by atoms with Crippen LogP contribution in [0.25, 0.3) is 0 Å². The number of fused-ring (bicyclic) bond motifs is 1. The third kappa shape index (κ3) is 7.36. The van der Waals surface area contributed by atoms with Gasteiger partial charge in [-0.05, 0) is 115 Å². The van der Waals surface area contributed by atoms with Gasteiger partial charge in [0.15, 0.2) is 0 Å². The van der Waals surface area contributed by atoms with Gasteiger partial charge >= 0.3 is 0 Å². The van der Waals surface area contributed by atoms with Crippen molar-refractivity contribution in [1.82, 2.24) is 4.90 Å². The lowest BCUT2D eigenvalue weighted by atomic mass is 9.79. The Morgan fingerprint density at radius 1 is 0.974 bits per heavy atom. The zero-order valence-corrected chi connectivity index (χ0v) is 24.1. The number of benzene rings is 3. The van der Waals surface area contributed by atoms with Crippen molar-refractivity contribution < 1.29 is 9.84 Å². The summed E-state index contributed by atoms with van der Waals surface area (Å²) in [6.45, 7) is 9.39. The van der Waals surface area contributed by atoms with E-state index in [1.807, 2.05) is 12.1 Å². The SMILES string of the molecule is COc1ccc([C@@H]2CCc3cc(O)ccc3C2)c(NCCCc2ccc(CCN3CCCC(C)(C)C3)cc2)c1. The molecule has 0 saturated carbocycles. The Hall–Kier alpha value is -2.98. The fourth-order valence-electron chi connectivity index (χ4n) is 6.59. The minimum Gasteiger partial charge on any atom is -0.508 e. The number of piperidine rings is 1. The summed E-state index contributed by atoms with van der Waals surface area (Å²) in [5.41, 5.74) is 8.54. The van der Waals surface area contributed by atoms with E-state index in [2.05, 4.69) is 72.6 Å². The van der Waals surface area contributed by atoms with E-state index < -0.39 is 0 Å². The first-order chi connectivity index (χ1) is 18.9. The highest BCUT2D eigenvalue weighted by atomic mass is 16.5. The molecule has 1 atom stereocenters. The number of ether oxygens (including phenoxy) is 1. The molecule has 1 aliphatic heterocycles. The number of aryl methyl sites for hydroxylation is 2. The quantitative estimate of drug-likeness (QED) is 0.271. The third-order valence-electron chi connectivity index (χ3n) is 8.80. The number of phenols is 1. The first kappa shape index (κ1) is 27.6. The van der Waals surface area contributed by atoms with Crippen molar-refractivity contribution in [2.45, 2.75) is 71.1 Å². The molecule has 4 heteroatoms. The number of nitrogens with zero attached hydrogens (tertiary/aromatic N) is 1. The van der Waals surface area contributed by atoms with E-state index in [0.717, 1.165) is 50.8 Å². The molecule has 5 rings (SSSR count). The van der Waals surface area contributed by atoms with Crippen molar-refractivity contribution in [3.05, 3.63) is 88.5 Å². The standard InChI is InChI=1S/C35H46N2O2/c1-35(2)18-5-20-37(25-35)21-17-27-9-7-26(8-10-27)6-4-19-36-34-24-32(39-3)15-16-33(34)30-12-11-29-23-31(38)14-13-28(29)22-30/h7-10,13-16,23-24,30,36,38H,4-6,11-12,17-22,25H2,1-3H3/t30-/m1/s1. The highest BCUT2D eigenvalue weighted by Crippen LogP contribution is 2.38. The smallest absolute Gasteiger partial charge is 0.120 e. The number of rotatable bonds is 10. The Bertz CT molecular complexity index is 1230. The minimum atomic E-state index is 0.371. The number of likely N-dealkylation sites (tertiary alicyclic amines) is 1. The monoisotopic (exact) mass is 526 g/mol. The van der Waals surface area contributed by atoms with Crippen LogP contribution in [-0.4, -0.2) is 43.3 Å². The van der Waals surface area contributed by atoms with Gasteiger partial charge in [0.05, 0.1) is 7.11 Å². The van der Waals surface area contributed by atoms with Gasteiger partial charge in [-0.15, -0.1) is 0 Å². The molecule has 208 valence electrons. The number of aromatic hydroxyl groups is 1. The van der Waals surface area contributed by atoms with Gasteiger partial charge in [0, 0.05) is 31.4 Å². The molecule has 1 aliphatic carbocycles. The molecular formula is C35H46N2O2. The average molecular weight is 527 g/mol. The first-order valence-electron chi connectivity index (χ1n) is 14.9. The normalized spacial score (nSPS) is 18.9. The van der Waals surface area contributed by atoms with Crippen molar-refractivity contribution in [1.29, 1.82) is 0 Å². The van der Waals surface area contributed by atoms with Crippen LogP contribution in [0.15, 0.2) is 60.7 Å². The van der Waals surface area contributed by atoms with Crippen LogP contribution < -0.4 is 10.1 Å². The second-order valence-electron chi connectivity index (χ2n) is 12.5. The van der Waals surface area contributed by atoms with Gasteiger partial charge in [-0.3, -0.25) is 0 Å². The van der Waals surface area contributed by atoms with E-state index in [1.54, 1.807) is 7.11 Å². The number of nitrogens with one attached hydrogen (secondary N) is 1. The molecule has 2 N–H and O–H groups in total. The summed E-state index contributed by atoms with van der Waals surface area (Å²) < 4.78 is 5.55. The minimum absolute atomic E-state index is 0.371. The molecule has 2 aliphatic rings. The molecule has 1 saturated heterocycles. The largest absolute Gasteiger partial charge is 0.508 e. The zero-order valence-electron chi connectivity index (χ0n) is 24.1. The molecule has 3 aromatic rings. The van der Waals surface area contributed by atoms with Crippen molar-refractivity contribution in [3.8, 4) is 11.5 Å². The molecular weight excluding hydrogens is 480 g/mol. The third-order valence-corrected chi connectivity index (χ3v) is 8.80. The lowest BCUT2D eigenvalue weighted by Crippen LogP contribution is -2.40. The van der Waals surface area contributed by atoms with Crippen molar-refractivity contribution in [2.75, 3.05) is 38.6 Å². The van der Waals surface area contributed by atoms with Gasteiger partial charge in [0.25, 0.3) is 0 Å². The van der Waals surface area contributed by atoms with Crippen LogP contribution in [0, 0.1) is 5.41 Å². The molecule has 0 bridgehead atoms. The maximum atomic E-state index is 9.85. The average Bonchev–Trinajstić information content (AvgIpc) is 2.94. The Kier molecular flexibility index (Phi) is 8.82. The zero-order chi connectivity index (χ0) is 27.2. The van der Waals surface area contributed by atoms with E-state index >= 15 is 0 Å². The van der Waals surface area contributed by atoms with E-state index in [0.29, 0.717) is 17.1 Å². The summed E-state index contributed by atoms with van der Waals surface area (Å²) in [4.78, 5) is 2.65. The molecule has 0 unspecified atom stereocenters. The maximum absolute atomic E-state index is 9.85. The van der Waals surface area contributed by atoms with E-state index in [-0.39, 0.29) is 0 Å². The number of hydrogen-bond acceptors (Lipinski definition) is 4. The summed E-state index contributed by atoms with van der Waals surface area (Å²) in [5.74, 6) is 1.74. The van der Waals surface area contributed by atoms with Crippen molar-refractivity contribution >= 4 is 5.69 Å². The second kappa shape index (κ2) is 12.5. The van der Waals surface area contributed by atoms with Gasteiger partial charge in [-0.1, -0.05) is 50.2 Å². The van der Waals surface area contributed by atoms with E-state index in [1.165, 1.54) is 66.0 Å². The van der Waals surface area contributed by atoms with Gasteiger partial charge in [-0.2, -0.15) is 0 Å². The summed E-state index contributed by atoms with van der Waals surface area (Å²) in [5, 5.41) is 13.6. The Morgan fingerprint density at radius 2 is 1.77 bits per heavy atom. The molecule has 0 amide bonds. The molecule has 0 radical (unpaired) electrons. The van der Waals surface area contributed by atoms with Gasteiger partial charge in [0.2, 0.25) is 0 Å². The summed E-state index contributed by atoms with van der Waals surface area (Å²) >= 11 is 0. The number of hydrogen-bond donors (Lipinski definition) is 2. The summed E-state index contributed by atoms with van der Waals surface area (Å²) in [6.07, 6.45) is 9.11. The number of phenolic OH excluding ortho intramolecular Hbond substituents is 1. The molecule has 3 aromatic carbocycles. The predicted octanol–water partition coefficient (Wildman–Crippen LogP) is 7.38. The topological polar surface area (TPSA) is 44.7 Å².